The fourth-order valence-electron chi connectivity index (χ4n) is 2.10. The first-order valence-corrected chi connectivity index (χ1v) is 6.31. The topological polar surface area (TPSA) is 35.5 Å². The average molecular weight is 310 g/mol. The summed E-state index contributed by atoms with van der Waals surface area (Å²) in [5.74, 6) is -0.389. The zero-order valence-corrected chi connectivity index (χ0v) is 11.9. The summed E-state index contributed by atoms with van der Waals surface area (Å²) in [6.07, 6.45) is -4.54. The molecule has 0 unspecified atom stereocenters. The maximum absolute atomic E-state index is 12.8. The average Bonchev–Trinajstić information content (AvgIpc) is 2.52. The van der Waals surface area contributed by atoms with Gasteiger partial charge in [0.05, 0.1) is 25.3 Å². The minimum atomic E-state index is -4.54. The molecule has 2 rings (SSSR count). The van der Waals surface area contributed by atoms with E-state index in [1.54, 1.807) is 24.3 Å². The monoisotopic (exact) mass is 310 g/mol. The van der Waals surface area contributed by atoms with Crippen molar-refractivity contribution in [2.75, 3.05) is 14.2 Å². The highest BCUT2D eigenvalue weighted by atomic mass is 19.4. The number of ether oxygens (including phenoxy) is 2. The van der Waals surface area contributed by atoms with Crippen LogP contribution in [0.3, 0.4) is 0 Å². The van der Waals surface area contributed by atoms with Gasteiger partial charge < -0.3 is 9.47 Å². The number of carbonyl (C=O) groups excluding carboxylic acids is 1. The molecular formula is C16H13F3O3. The maximum atomic E-state index is 12.8. The van der Waals surface area contributed by atoms with Gasteiger partial charge in [-0.15, -0.1) is 0 Å². The number of rotatable bonds is 3. The van der Waals surface area contributed by atoms with Gasteiger partial charge in [-0.1, -0.05) is 24.3 Å². The van der Waals surface area contributed by atoms with Crippen molar-refractivity contribution in [2.45, 2.75) is 6.18 Å². The van der Waals surface area contributed by atoms with E-state index in [1.165, 1.54) is 13.2 Å². The summed E-state index contributed by atoms with van der Waals surface area (Å²) in [5.41, 5.74) is -0.246. The van der Waals surface area contributed by atoms with Gasteiger partial charge in [-0.3, -0.25) is 0 Å². The van der Waals surface area contributed by atoms with E-state index >= 15 is 0 Å². The van der Waals surface area contributed by atoms with Crippen LogP contribution in [-0.2, 0) is 10.9 Å². The van der Waals surface area contributed by atoms with Crippen LogP contribution in [0.25, 0.3) is 11.1 Å². The van der Waals surface area contributed by atoms with Gasteiger partial charge in [-0.2, -0.15) is 13.2 Å². The summed E-state index contributed by atoms with van der Waals surface area (Å²) < 4.78 is 48.3. The third-order valence-electron chi connectivity index (χ3n) is 3.15. The summed E-state index contributed by atoms with van der Waals surface area (Å²) in [4.78, 5) is 11.9. The smallest absolute Gasteiger partial charge is 0.416 e. The van der Waals surface area contributed by atoms with Gasteiger partial charge in [0, 0.05) is 5.56 Å². The molecule has 0 atom stereocenters. The lowest BCUT2D eigenvalue weighted by atomic mass is 9.96. The first-order chi connectivity index (χ1) is 10.4. The number of alkyl halides is 3. The first kappa shape index (κ1) is 15.9. The van der Waals surface area contributed by atoms with Crippen LogP contribution in [-0.4, -0.2) is 20.2 Å². The summed E-state index contributed by atoms with van der Waals surface area (Å²) >= 11 is 0. The van der Waals surface area contributed by atoms with E-state index in [4.69, 9.17) is 4.74 Å². The molecule has 0 fully saturated rings. The van der Waals surface area contributed by atoms with E-state index in [9.17, 15) is 18.0 Å². The van der Waals surface area contributed by atoms with Crippen molar-refractivity contribution < 1.29 is 27.4 Å². The largest absolute Gasteiger partial charge is 0.496 e. The predicted octanol–water partition coefficient (Wildman–Crippen LogP) is 4.17. The number of halogens is 3. The van der Waals surface area contributed by atoms with Crippen LogP contribution in [0.4, 0.5) is 13.2 Å². The van der Waals surface area contributed by atoms with E-state index in [0.717, 1.165) is 19.2 Å². The van der Waals surface area contributed by atoms with E-state index in [2.05, 4.69) is 4.74 Å². The van der Waals surface area contributed by atoms with Crippen LogP contribution >= 0.6 is 0 Å². The Morgan fingerprint density at radius 2 is 1.68 bits per heavy atom. The normalized spacial score (nSPS) is 11.1. The maximum Gasteiger partial charge on any atom is 0.416 e. The summed E-state index contributed by atoms with van der Waals surface area (Å²) in [6, 6.07) is 9.71. The highest BCUT2D eigenvalue weighted by Crippen LogP contribution is 2.36. The standard InChI is InChI=1S/C16H13F3O3/c1-21-14-6-4-3-5-12(14)11-8-7-10(16(17,18)19)9-13(11)15(20)22-2/h3-9H,1-2H3. The third-order valence-corrected chi connectivity index (χ3v) is 3.15. The minimum Gasteiger partial charge on any atom is -0.496 e. The van der Waals surface area contributed by atoms with Crippen LogP contribution in [0.2, 0.25) is 0 Å². The summed E-state index contributed by atoms with van der Waals surface area (Å²) in [5, 5.41) is 0. The van der Waals surface area contributed by atoms with E-state index < -0.39 is 17.7 Å². The third kappa shape index (κ3) is 3.05. The Labute approximate surface area is 125 Å². The van der Waals surface area contributed by atoms with Crippen LogP contribution < -0.4 is 4.74 Å². The molecule has 22 heavy (non-hydrogen) atoms. The highest BCUT2D eigenvalue weighted by molar-refractivity contribution is 5.98. The Balaban J connectivity index is 2.68. The molecule has 116 valence electrons. The molecule has 0 heterocycles. The van der Waals surface area contributed by atoms with Crippen molar-refractivity contribution in [1.82, 2.24) is 0 Å². The van der Waals surface area contributed by atoms with Gasteiger partial charge in [0.1, 0.15) is 5.75 Å². The Morgan fingerprint density at radius 1 is 1.00 bits per heavy atom. The number of hydrogen-bond acceptors (Lipinski definition) is 3. The molecule has 0 saturated carbocycles. The van der Waals surface area contributed by atoms with E-state index in [1.807, 2.05) is 0 Å². The molecule has 0 aromatic heterocycles. The van der Waals surface area contributed by atoms with Gasteiger partial charge in [0.15, 0.2) is 0 Å². The molecule has 0 saturated heterocycles. The molecule has 0 aliphatic rings. The number of carbonyl (C=O) groups is 1. The zero-order valence-electron chi connectivity index (χ0n) is 11.9. The van der Waals surface area contributed by atoms with Crippen LogP contribution in [0.5, 0.6) is 5.75 Å². The van der Waals surface area contributed by atoms with Crippen LogP contribution in [0.15, 0.2) is 42.5 Å². The van der Waals surface area contributed by atoms with Crippen molar-refractivity contribution in [3.63, 3.8) is 0 Å². The van der Waals surface area contributed by atoms with Gasteiger partial charge in [0.25, 0.3) is 0 Å². The molecule has 0 aliphatic heterocycles. The second-order valence-electron chi connectivity index (χ2n) is 4.45. The molecule has 0 bridgehead atoms. The van der Waals surface area contributed by atoms with Gasteiger partial charge >= 0.3 is 12.1 Å². The van der Waals surface area contributed by atoms with Crippen molar-refractivity contribution in [3.8, 4) is 16.9 Å². The molecule has 0 aliphatic carbocycles. The Kier molecular flexibility index (Phi) is 4.40. The summed E-state index contributed by atoms with van der Waals surface area (Å²) in [7, 11) is 2.56. The SMILES string of the molecule is COC(=O)c1cc(C(F)(F)F)ccc1-c1ccccc1OC. The Morgan fingerprint density at radius 3 is 2.27 bits per heavy atom. The number of hydrogen-bond donors (Lipinski definition) is 0. The van der Waals surface area contributed by atoms with E-state index in [0.29, 0.717) is 16.9 Å². The second-order valence-corrected chi connectivity index (χ2v) is 4.45. The lowest BCUT2D eigenvalue weighted by Gasteiger charge is -2.14. The van der Waals surface area contributed by atoms with Crippen LogP contribution in [0, 0.1) is 0 Å². The lowest BCUT2D eigenvalue weighted by molar-refractivity contribution is -0.137. The molecule has 3 nitrogen and oxygen atoms in total. The van der Waals surface area contributed by atoms with Gasteiger partial charge in [-0.05, 0) is 23.8 Å². The van der Waals surface area contributed by atoms with Gasteiger partial charge in [-0.25, -0.2) is 4.79 Å². The van der Waals surface area contributed by atoms with Crippen molar-refractivity contribution in [1.29, 1.82) is 0 Å². The second kappa shape index (κ2) is 6.09. The van der Waals surface area contributed by atoms with Crippen molar-refractivity contribution in [3.05, 3.63) is 53.6 Å². The van der Waals surface area contributed by atoms with Crippen molar-refractivity contribution >= 4 is 5.97 Å². The first-order valence-electron chi connectivity index (χ1n) is 6.31. The number of esters is 1. The molecule has 0 spiro atoms. The summed E-state index contributed by atoms with van der Waals surface area (Å²) in [6.45, 7) is 0. The molecule has 2 aromatic rings. The Hall–Kier alpha value is -2.50. The molecule has 0 N–H and O–H groups in total. The molecular weight excluding hydrogens is 297 g/mol. The van der Waals surface area contributed by atoms with Crippen molar-refractivity contribution in [2.24, 2.45) is 0 Å². The zero-order chi connectivity index (χ0) is 16.3. The van der Waals surface area contributed by atoms with Gasteiger partial charge in [0.2, 0.25) is 0 Å². The highest BCUT2D eigenvalue weighted by Gasteiger charge is 2.32. The molecule has 0 amide bonds. The minimum absolute atomic E-state index is 0.165. The fraction of sp³-hybridized carbons (Fsp3) is 0.188. The number of para-hydroxylation sites is 1. The quantitative estimate of drug-likeness (QED) is 0.798. The number of benzene rings is 2. The fourth-order valence-corrected chi connectivity index (χ4v) is 2.10. The number of methoxy groups -OCH3 is 2. The Bertz CT molecular complexity index is 693. The van der Waals surface area contributed by atoms with Crippen LogP contribution in [0.1, 0.15) is 15.9 Å². The lowest BCUT2D eigenvalue weighted by Crippen LogP contribution is -2.10. The molecule has 6 heteroatoms. The predicted molar refractivity (Wildman–Crippen MR) is 74.8 cm³/mol. The molecule has 2 aromatic carbocycles. The molecule has 0 radical (unpaired) electrons. The van der Waals surface area contributed by atoms with E-state index in [-0.39, 0.29) is 5.56 Å².